The van der Waals surface area contributed by atoms with Crippen molar-refractivity contribution in [2.24, 2.45) is 0 Å². The number of hydrogen-bond donors (Lipinski definition) is 0. The fourth-order valence-electron chi connectivity index (χ4n) is 8.19. The largest absolute Gasteiger partial charge is 0.310 e. The number of hydrogen-bond acceptors (Lipinski definition) is 3. The lowest BCUT2D eigenvalue weighted by molar-refractivity contribution is 0.718. The van der Waals surface area contributed by atoms with E-state index in [4.69, 9.17) is 0 Å². The Bertz CT molecular complexity index is 2390. The minimum absolute atomic E-state index is 0.116. The number of fused-ring (bicyclic) bond motifs is 8. The molecule has 0 saturated heterocycles. The first-order chi connectivity index (χ1) is 24.7. The summed E-state index contributed by atoms with van der Waals surface area (Å²) in [5, 5.41) is 20.4. The third kappa shape index (κ3) is 4.21. The van der Waals surface area contributed by atoms with Crippen molar-refractivity contribution in [3.63, 3.8) is 0 Å². The summed E-state index contributed by atoms with van der Waals surface area (Å²) < 4.78 is 0. The summed E-state index contributed by atoms with van der Waals surface area (Å²) in [5.74, 6) is 0. The van der Waals surface area contributed by atoms with Crippen molar-refractivity contribution in [2.75, 3.05) is 4.90 Å². The van der Waals surface area contributed by atoms with Crippen LogP contribution >= 0.6 is 0 Å². The molecule has 50 heavy (non-hydrogen) atoms. The van der Waals surface area contributed by atoms with Gasteiger partial charge in [-0.2, -0.15) is 10.5 Å². The molecule has 1 aliphatic carbocycles. The zero-order valence-electron chi connectivity index (χ0n) is 27.1. The lowest BCUT2D eigenvalue weighted by atomic mass is 9.56. The predicted octanol–water partition coefficient (Wildman–Crippen LogP) is 11.3. The first-order valence-corrected chi connectivity index (χ1v) is 16.7. The van der Waals surface area contributed by atoms with E-state index in [0.29, 0.717) is 5.57 Å². The van der Waals surface area contributed by atoms with Crippen LogP contribution in [0.25, 0.3) is 27.8 Å². The van der Waals surface area contributed by atoms with Gasteiger partial charge in [0.25, 0.3) is 0 Å². The van der Waals surface area contributed by atoms with Gasteiger partial charge in [0.15, 0.2) is 0 Å². The van der Waals surface area contributed by atoms with Crippen LogP contribution in [-0.4, -0.2) is 0 Å². The molecule has 0 radical (unpaired) electrons. The average Bonchev–Trinajstić information content (AvgIpc) is 3.19. The van der Waals surface area contributed by atoms with Crippen LogP contribution < -0.4 is 4.90 Å². The van der Waals surface area contributed by atoms with E-state index < -0.39 is 5.41 Å². The van der Waals surface area contributed by atoms with Crippen LogP contribution in [0.3, 0.4) is 0 Å². The summed E-state index contributed by atoms with van der Waals surface area (Å²) in [5.41, 5.74) is 14.1. The molecule has 0 saturated carbocycles. The monoisotopic (exact) mass is 635 g/mol. The molecule has 0 aromatic heterocycles. The Morgan fingerprint density at radius 3 is 1.28 bits per heavy atom. The summed E-state index contributed by atoms with van der Waals surface area (Å²) in [6.45, 7) is 0. The predicted molar refractivity (Wildman–Crippen MR) is 201 cm³/mol. The van der Waals surface area contributed by atoms with Crippen LogP contribution in [0, 0.1) is 22.7 Å². The lowest BCUT2D eigenvalue weighted by Gasteiger charge is -2.49. The third-order valence-electron chi connectivity index (χ3n) is 10.2. The Labute approximate surface area is 291 Å². The normalized spacial score (nSPS) is 13.2. The molecule has 3 heteroatoms. The van der Waals surface area contributed by atoms with Crippen molar-refractivity contribution in [3.8, 4) is 34.4 Å². The zero-order valence-corrected chi connectivity index (χ0v) is 27.1. The van der Waals surface area contributed by atoms with Crippen molar-refractivity contribution in [2.45, 2.75) is 5.41 Å². The second-order valence-electron chi connectivity index (χ2n) is 12.7. The van der Waals surface area contributed by atoms with E-state index in [1.807, 2.05) is 12.1 Å². The van der Waals surface area contributed by atoms with E-state index >= 15 is 0 Å². The Morgan fingerprint density at radius 1 is 0.420 bits per heavy atom. The molecule has 2 aliphatic rings. The Balaban J connectivity index is 1.39. The van der Waals surface area contributed by atoms with E-state index in [0.717, 1.165) is 72.7 Å². The SMILES string of the molecule is N#CC(C#N)=C1c2ccccc2C2(c3ccccc31)c1ccccc1N(c1cc(-c3ccccc3)cc(-c3ccccc3)c1)c1ccccc12. The number of anilines is 3. The average molecular weight is 636 g/mol. The van der Waals surface area contributed by atoms with E-state index in [9.17, 15) is 10.5 Å². The highest BCUT2D eigenvalue weighted by Gasteiger charge is 2.51. The number of rotatable bonds is 3. The smallest absolute Gasteiger partial charge is 0.138 e. The van der Waals surface area contributed by atoms with Gasteiger partial charge in [0, 0.05) is 11.3 Å². The summed E-state index contributed by atoms with van der Waals surface area (Å²) in [6, 6.07) is 66.4. The second-order valence-corrected chi connectivity index (χ2v) is 12.7. The molecule has 0 unspecified atom stereocenters. The zero-order chi connectivity index (χ0) is 33.7. The first kappa shape index (κ1) is 29.2. The molecule has 0 fully saturated rings. The fourth-order valence-corrected chi connectivity index (χ4v) is 8.19. The van der Waals surface area contributed by atoms with Crippen molar-refractivity contribution in [1.29, 1.82) is 10.5 Å². The summed E-state index contributed by atoms with van der Waals surface area (Å²) in [7, 11) is 0. The van der Waals surface area contributed by atoms with Gasteiger partial charge in [0.1, 0.15) is 17.7 Å². The molecule has 0 bridgehead atoms. The van der Waals surface area contributed by atoms with Crippen LogP contribution in [0.1, 0.15) is 33.4 Å². The highest BCUT2D eigenvalue weighted by atomic mass is 15.2. The molecule has 3 nitrogen and oxygen atoms in total. The number of para-hydroxylation sites is 2. The maximum atomic E-state index is 10.2. The minimum Gasteiger partial charge on any atom is -0.310 e. The molecule has 1 aliphatic heterocycles. The van der Waals surface area contributed by atoms with Gasteiger partial charge in [-0.05, 0) is 86.0 Å². The van der Waals surface area contributed by atoms with Gasteiger partial charge >= 0.3 is 0 Å². The van der Waals surface area contributed by atoms with Gasteiger partial charge < -0.3 is 4.90 Å². The van der Waals surface area contributed by atoms with E-state index in [1.54, 1.807) is 0 Å². The van der Waals surface area contributed by atoms with Gasteiger partial charge in [-0.25, -0.2) is 0 Å². The van der Waals surface area contributed by atoms with E-state index in [-0.39, 0.29) is 5.57 Å². The Morgan fingerprint density at radius 2 is 0.820 bits per heavy atom. The van der Waals surface area contributed by atoms with Crippen LogP contribution in [0.4, 0.5) is 17.1 Å². The van der Waals surface area contributed by atoms with Crippen LogP contribution in [0.2, 0.25) is 0 Å². The van der Waals surface area contributed by atoms with Crippen molar-refractivity contribution < 1.29 is 0 Å². The molecule has 1 heterocycles. The van der Waals surface area contributed by atoms with Crippen LogP contribution in [0.15, 0.2) is 181 Å². The fraction of sp³-hybridized carbons (Fsp3) is 0.0213. The summed E-state index contributed by atoms with van der Waals surface area (Å²) in [6.07, 6.45) is 0. The van der Waals surface area contributed by atoms with Crippen molar-refractivity contribution in [1.82, 2.24) is 0 Å². The summed E-state index contributed by atoms with van der Waals surface area (Å²) in [4.78, 5) is 2.40. The highest BCUT2D eigenvalue weighted by Crippen LogP contribution is 2.62. The lowest BCUT2D eigenvalue weighted by Crippen LogP contribution is -2.40. The molecule has 7 aromatic rings. The Kier molecular flexibility index (Phi) is 6.80. The van der Waals surface area contributed by atoms with Gasteiger partial charge in [0.05, 0.1) is 16.8 Å². The van der Waals surface area contributed by atoms with E-state index in [2.05, 4.69) is 181 Å². The molecule has 1 spiro atoms. The highest BCUT2D eigenvalue weighted by molar-refractivity contribution is 5.99. The Hall–Kier alpha value is -6.94. The number of nitriles is 2. The minimum atomic E-state index is -0.713. The molecule has 7 aromatic carbocycles. The second kappa shape index (κ2) is 11.6. The maximum Gasteiger partial charge on any atom is 0.138 e. The molecular weight excluding hydrogens is 607 g/mol. The van der Waals surface area contributed by atoms with E-state index in [1.165, 1.54) is 0 Å². The molecule has 232 valence electrons. The van der Waals surface area contributed by atoms with Gasteiger partial charge in [-0.1, -0.05) is 146 Å². The number of allylic oxidation sites excluding steroid dienone is 1. The third-order valence-corrected chi connectivity index (χ3v) is 10.2. The molecule has 0 atom stereocenters. The number of nitrogens with zero attached hydrogens (tertiary/aromatic N) is 3. The molecule has 9 rings (SSSR count). The summed E-state index contributed by atoms with van der Waals surface area (Å²) >= 11 is 0. The first-order valence-electron chi connectivity index (χ1n) is 16.7. The molecule has 0 amide bonds. The quantitative estimate of drug-likeness (QED) is 0.182. The number of benzene rings is 7. The maximum absolute atomic E-state index is 10.2. The van der Waals surface area contributed by atoms with Crippen LogP contribution in [-0.2, 0) is 5.41 Å². The molecule has 0 N–H and O–H groups in total. The van der Waals surface area contributed by atoms with Crippen molar-refractivity contribution in [3.05, 3.63) is 215 Å². The van der Waals surface area contributed by atoms with Gasteiger partial charge in [-0.15, -0.1) is 0 Å². The topological polar surface area (TPSA) is 50.8 Å². The van der Waals surface area contributed by atoms with Gasteiger partial charge in [0.2, 0.25) is 0 Å². The van der Waals surface area contributed by atoms with Gasteiger partial charge in [-0.3, -0.25) is 0 Å². The van der Waals surface area contributed by atoms with Crippen molar-refractivity contribution >= 4 is 22.6 Å². The van der Waals surface area contributed by atoms with Crippen LogP contribution in [0.5, 0.6) is 0 Å². The molecular formula is C47H29N3. The standard InChI is InChI=1S/C47H29N3/c48-30-36(31-49)46-38-19-7-9-21-40(38)47(41-22-10-8-20-39(41)46)42-23-11-13-25-44(42)50(45-26-14-12-24-43(45)47)37-28-34(32-15-3-1-4-16-32)27-35(29-37)33-17-5-2-6-18-33/h1-29H.